The van der Waals surface area contributed by atoms with Gasteiger partial charge in [-0.2, -0.15) is 0 Å². The molecule has 0 spiro atoms. The van der Waals surface area contributed by atoms with E-state index < -0.39 is 5.60 Å². The zero-order valence-electron chi connectivity index (χ0n) is 13.8. The summed E-state index contributed by atoms with van der Waals surface area (Å²) >= 11 is 6.36. The zero-order chi connectivity index (χ0) is 16.4. The van der Waals surface area contributed by atoms with Crippen molar-refractivity contribution in [3.05, 3.63) is 28.3 Å². The molecule has 1 aliphatic carbocycles. The van der Waals surface area contributed by atoms with E-state index in [1.807, 2.05) is 12.1 Å². The number of anilines is 1. The van der Waals surface area contributed by atoms with Crippen molar-refractivity contribution < 1.29 is 14.3 Å². The standard InChI is InChI=1S/C18H24ClNO3/c1-12-9-16(15(19)10-14(12)13-3-4-13)20-17(21)11-18(22-2)5-7-23-8-6-18/h9-10,13H,3-8,11H2,1-2H3,(H,20,21). The van der Waals surface area contributed by atoms with Gasteiger partial charge in [0, 0.05) is 33.2 Å². The molecule has 3 rings (SSSR count). The highest BCUT2D eigenvalue weighted by molar-refractivity contribution is 6.33. The molecule has 1 heterocycles. The van der Waals surface area contributed by atoms with E-state index in [1.165, 1.54) is 24.0 Å². The molecular weight excluding hydrogens is 314 g/mol. The lowest BCUT2D eigenvalue weighted by Crippen LogP contribution is -2.41. The van der Waals surface area contributed by atoms with Gasteiger partial charge in [0.2, 0.25) is 5.91 Å². The van der Waals surface area contributed by atoms with Crippen molar-refractivity contribution in [1.29, 1.82) is 0 Å². The molecule has 0 atom stereocenters. The number of rotatable bonds is 5. The van der Waals surface area contributed by atoms with Crippen LogP contribution in [0.1, 0.15) is 49.1 Å². The molecule has 0 bridgehead atoms. The maximum absolute atomic E-state index is 12.4. The van der Waals surface area contributed by atoms with Crippen LogP contribution in [0, 0.1) is 6.92 Å². The van der Waals surface area contributed by atoms with Crippen molar-refractivity contribution >= 4 is 23.2 Å². The van der Waals surface area contributed by atoms with Gasteiger partial charge in [-0.05, 0) is 48.9 Å². The van der Waals surface area contributed by atoms with Gasteiger partial charge in [0.15, 0.2) is 0 Å². The van der Waals surface area contributed by atoms with Crippen LogP contribution in [0.15, 0.2) is 12.1 Å². The predicted octanol–water partition coefficient (Wildman–Crippen LogP) is 4.05. The van der Waals surface area contributed by atoms with Crippen LogP contribution in [0.5, 0.6) is 0 Å². The largest absolute Gasteiger partial charge is 0.381 e. The summed E-state index contributed by atoms with van der Waals surface area (Å²) in [6.45, 7) is 3.35. The number of hydrogen-bond donors (Lipinski definition) is 1. The molecule has 126 valence electrons. The molecule has 2 fully saturated rings. The average molecular weight is 338 g/mol. The molecule has 1 saturated carbocycles. The Morgan fingerprint density at radius 2 is 2.09 bits per heavy atom. The fourth-order valence-electron chi connectivity index (χ4n) is 3.31. The van der Waals surface area contributed by atoms with Crippen molar-refractivity contribution in [2.24, 2.45) is 0 Å². The Bertz CT molecular complexity index is 592. The number of amides is 1. The predicted molar refractivity (Wildman–Crippen MR) is 91.2 cm³/mol. The van der Waals surface area contributed by atoms with E-state index in [0.29, 0.717) is 36.3 Å². The Balaban J connectivity index is 1.68. The number of carbonyl (C=O) groups is 1. The van der Waals surface area contributed by atoms with E-state index in [0.717, 1.165) is 12.8 Å². The molecule has 4 nitrogen and oxygen atoms in total. The first-order valence-corrected chi connectivity index (χ1v) is 8.63. The van der Waals surface area contributed by atoms with Gasteiger partial charge in [0.1, 0.15) is 0 Å². The van der Waals surface area contributed by atoms with Gasteiger partial charge in [-0.1, -0.05) is 11.6 Å². The molecule has 0 radical (unpaired) electrons. The maximum Gasteiger partial charge on any atom is 0.227 e. The minimum Gasteiger partial charge on any atom is -0.381 e. The number of benzene rings is 1. The van der Waals surface area contributed by atoms with Crippen LogP contribution in [-0.4, -0.2) is 31.8 Å². The lowest BCUT2D eigenvalue weighted by atomic mass is 9.90. The minimum atomic E-state index is -0.419. The first kappa shape index (κ1) is 16.7. The molecule has 1 saturated heterocycles. The van der Waals surface area contributed by atoms with Crippen molar-refractivity contribution in [1.82, 2.24) is 0 Å². The first-order chi connectivity index (χ1) is 11.0. The third-order valence-electron chi connectivity index (χ3n) is 4.97. The number of carbonyl (C=O) groups excluding carboxylic acids is 1. The zero-order valence-corrected chi connectivity index (χ0v) is 14.5. The van der Waals surface area contributed by atoms with Crippen LogP contribution in [0.25, 0.3) is 0 Å². The second-order valence-corrected chi connectivity index (χ2v) is 7.09. The lowest BCUT2D eigenvalue weighted by Gasteiger charge is -2.35. The van der Waals surface area contributed by atoms with Crippen molar-refractivity contribution in [2.45, 2.75) is 50.5 Å². The fourth-order valence-corrected chi connectivity index (χ4v) is 3.53. The summed E-state index contributed by atoms with van der Waals surface area (Å²) in [5, 5.41) is 3.57. The van der Waals surface area contributed by atoms with E-state index in [9.17, 15) is 4.79 Å². The average Bonchev–Trinajstić information content (AvgIpc) is 3.36. The third kappa shape index (κ3) is 3.87. The Labute approximate surface area is 142 Å². The number of nitrogens with one attached hydrogen (secondary N) is 1. The van der Waals surface area contributed by atoms with Gasteiger partial charge in [-0.25, -0.2) is 0 Å². The fraction of sp³-hybridized carbons (Fsp3) is 0.611. The molecule has 0 aromatic heterocycles. The van der Waals surface area contributed by atoms with Crippen LogP contribution < -0.4 is 5.32 Å². The van der Waals surface area contributed by atoms with Gasteiger partial charge in [0.25, 0.3) is 0 Å². The second-order valence-electron chi connectivity index (χ2n) is 6.69. The highest BCUT2D eigenvalue weighted by Gasteiger charge is 2.35. The highest BCUT2D eigenvalue weighted by atomic mass is 35.5. The van der Waals surface area contributed by atoms with Gasteiger partial charge in [-0.15, -0.1) is 0 Å². The number of methoxy groups -OCH3 is 1. The van der Waals surface area contributed by atoms with Gasteiger partial charge < -0.3 is 14.8 Å². The van der Waals surface area contributed by atoms with E-state index in [4.69, 9.17) is 21.1 Å². The molecular formula is C18H24ClNO3. The Morgan fingerprint density at radius 1 is 1.39 bits per heavy atom. The Kier molecular flexibility index (Phi) is 4.95. The molecule has 1 N–H and O–H groups in total. The van der Waals surface area contributed by atoms with Gasteiger partial charge in [-0.3, -0.25) is 4.79 Å². The van der Waals surface area contributed by atoms with Crippen LogP contribution in [0.2, 0.25) is 5.02 Å². The number of hydrogen-bond acceptors (Lipinski definition) is 3. The number of halogens is 1. The molecule has 23 heavy (non-hydrogen) atoms. The van der Waals surface area contributed by atoms with Gasteiger partial charge >= 0.3 is 0 Å². The maximum atomic E-state index is 12.4. The molecule has 1 aromatic carbocycles. The second kappa shape index (κ2) is 6.80. The molecule has 1 amide bonds. The summed E-state index contributed by atoms with van der Waals surface area (Å²) < 4.78 is 11.0. The van der Waals surface area contributed by atoms with Crippen molar-refractivity contribution in [2.75, 3.05) is 25.6 Å². The summed E-state index contributed by atoms with van der Waals surface area (Å²) in [6.07, 6.45) is 4.28. The van der Waals surface area contributed by atoms with Crippen LogP contribution in [0.3, 0.4) is 0 Å². The Hall–Kier alpha value is -1.10. The molecule has 1 aromatic rings. The summed E-state index contributed by atoms with van der Waals surface area (Å²) in [6, 6.07) is 3.99. The normalized spacial score (nSPS) is 20.3. The number of aryl methyl sites for hydroxylation is 1. The highest BCUT2D eigenvalue weighted by Crippen LogP contribution is 2.43. The topological polar surface area (TPSA) is 47.6 Å². The third-order valence-corrected chi connectivity index (χ3v) is 5.28. The summed E-state index contributed by atoms with van der Waals surface area (Å²) in [5.74, 6) is 0.588. The molecule has 2 aliphatic rings. The minimum absolute atomic E-state index is 0.0609. The smallest absolute Gasteiger partial charge is 0.227 e. The van der Waals surface area contributed by atoms with Crippen LogP contribution >= 0.6 is 11.6 Å². The van der Waals surface area contributed by atoms with Crippen molar-refractivity contribution in [3.8, 4) is 0 Å². The summed E-state index contributed by atoms with van der Waals surface area (Å²) in [5.41, 5.74) is 2.78. The quantitative estimate of drug-likeness (QED) is 0.881. The van der Waals surface area contributed by atoms with Gasteiger partial charge in [0.05, 0.1) is 22.7 Å². The lowest BCUT2D eigenvalue weighted by molar-refractivity contribution is -0.130. The SMILES string of the molecule is COC1(CC(=O)Nc2cc(C)c(C3CC3)cc2Cl)CCOCC1. The first-order valence-electron chi connectivity index (χ1n) is 8.26. The monoisotopic (exact) mass is 337 g/mol. The molecule has 1 aliphatic heterocycles. The van der Waals surface area contributed by atoms with E-state index >= 15 is 0 Å². The van der Waals surface area contributed by atoms with Crippen molar-refractivity contribution in [3.63, 3.8) is 0 Å². The van der Waals surface area contributed by atoms with Crippen LogP contribution in [-0.2, 0) is 14.3 Å². The number of ether oxygens (including phenoxy) is 2. The molecule has 0 unspecified atom stereocenters. The van der Waals surface area contributed by atoms with E-state index in [2.05, 4.69) is 12.2 Å². The molecule has 5 heteroatoms. The van der Waals surface area contributed by atoms with Crippen LogP contribution in [0.4, 0.5) is 5.69 Å². The van der Waals surface area contributed by atoms with E-state index in [1.54, 1.807) is 7.11 Å². The Morgan fingerprint density at radius 3 is 2.70 bits per heavy atom. The van der Waals surface area contributed by atoms with E-state index in [-0.39, 0.29) is 5.91 Å². The summed E-state index contributed by atoms with van der Waals surface area (Å²) in [4.78, 5) is 12.4. The summed E-state index contributed by atoms with van der Waals surface area (Å²) in [7, 11) is 1.67.